The molecule has 1 N–H and O–H groups in total. The van der Waals surface area contributed by atoms with Gasteiger partial charge in [0.1, 0.15) is 0 Å². The van der Waals surface area contributed by atoms with Crippen molar-refractivity contribution < 1.29 is 14.1 Å². The van der Waals surface area contributed by atoms with Crippen LogP contribution in [-0.4, -0.2) is 34.2 Å². The average Bonchev–Trinajstić information content (AvgIpc) is 3.00. The van der Waals surface area contributed by atoms with E-state index in [0.29, 0.717) is 36.2 Å². The Bertz CT molecular complexity index is 497. The summed E-state index contributed by atoms with van der Waals surface area (Å²) < 4.78 is 9.47. The van der Waals surface area contributed by atoms with Crippen molar-refractivity contribution in [2.45, 2.75) is 13.3 Å². The van der Waals surface area contributed by atoms with E-state index in [9.17, 15) is 4.79 Å². The van der Waals surface area contributed by atoms with E-state index in [2.05, 4.69) is 25.0 Å². The highest BCUT2D eigenvalue weighted by Crippen LogP contribution is 2.15. The number of ether oxygens (including phenoxy) is 1. The molecule has 2 aromatic rings. The second-order valence-corrected chi connectivity index (χ2v) is 4.14. The summed E-state index contributed by atoms with van der Waals surface area (Å²) in [6.45, 7) is 2.72. The lowest BCUT2D eigenvalue weighted by Crippen LogP contribution is -2.07. The van der Waals surface area contributed by atoms with Crippen LogP contribution in [0.2, 0.25) is 0 Å². The zero-order valence-electron chi connectivity index (χ0n) is 9.75. The van der Waals surface area contributed by atoms with Gasteiger partial charge in [-0.3, -0.25) is 0 Å². The third-order valence-electron chi connectivity index (χ3n) is 2.02. The molecule has 96 valence electrons. The number of esters is 1. The summed E-state index contributed by atoms with van der Waals surface area (Å²) in [7, 11) is 0. The maximum Gasteiger partial charge on any atom is 0.357 e. The molecule has 0 radical (unpaired) electrons. The molecule has 8 heteroatoms. The van der Waals surface area contributed by atoms with Gasteiger partial charge in [0.15, 0.2) is 16.6 Å². The SMILES string of the molecule is CCOC(=O)c1csc(NCCc2ncon2)n1. The molecule has 0 saturated heterocycles. The van der Waals surface area contributed by atoms with Crippen molar-refractivity contribution in [1.29, 1.82) is 0 Å². The van der Waals surface area contributed by atoms with Crippen molar-refractivity contribution >= 4 is 22.4 Å². The van der Waals surface area contributed by atoms with Crippen molar-refractivity contribution in [2.75, 3.05) is 18.5 Å². The van der Waals surface area contributed by atoms with Gasteiger partial charge in [-0.15, -0.1) is 11.3 Å². The third-order valence-corrected chi connectivity index (χ3v) is 2.82. The van der Waals surface area contributed by atoms with E-state index in [0.717, 1.165) is 0 Å². The van der Waals surface area contributed by atoms with Crippen molar-refractivity contribution in [1.82, 2.24) is 15.1 Å². The number of nitrogens with zero attached hydrogens (tertiary/aromatic N) is 3. The Labute approximate surface area is 107 Å². The maximum absolute atomic E-state index is 11.4. The molecule has 0 fully saturated rings. The van der Waals surface area contributed by atoms with Gasteiger partial charge in [-0.1, -0.05) is 5.16 Å². The van der Waals surface area contributed by atoms with Crippen molar-refractivity contribution in [2.24, 2.45) is 0 Å². The highest BCUT2D eigenvalue weighted by Gasteiger charge is 2.11. The first kappa shape index (κ1) is 12.5. The quantitative estimate of drug-likeness (QED) is 0.791. The van der Waals surface area contributed by atoms with Crippen LogP contribution >= 0.6 is 11.3 Å². The summed E-state index contributed by atoms with van der Waals surface area (Å²) in [5.41, 5.74) is 0.323. The van der Waals surface area contributed by atoms with E-state index >= 15 is 0 Å². The van der Waals surface area contributed by atoms with Crippen molar-refractivity contribution in [3.05, 3.63) is 23.3 Å². The number of rotatable bonds is 6. The molecule has 0 atom stereocenters. The normalized spacial score (nSPS) is 10.3. The van der Waals surface area contributed by atoms with Gasteiger partial charge < -0.3 is 14.6 Å². The molecule has 0 spiro atoms. The van der Waals surface area contributed by atoms with Gasteiger partial charge in [0, 0.05) is 18.3 Å². The van der Waals surface area contributed by atoms with Crippen LogP contribution in [-0.2, 0) is 11.2 Å². The molecular formula is C10H12N4O3S. The summed E-state index contributed by atoms with van der Waals surface area (Å²) in [5.74, 6) is 0.227. The predicted octanol–water partition coefficient (Wildman–Crippen LogP) is 1.36. The Hall–Kier alpha value is -1.96. The minimum absolute atomic E-state index is 0.323. The van der Waals surface area contributed by atoms with Crippen LogP contribution in [0, 0.1) is 0 Å². The van der Waals surface area contributed by atoms with Crippen LogP contribution in [0.1, 0.15) is 23.2 Å². The van der Waals surface area contributed by atoms with E-state index in [1.165, 1.54) is 17.7 Å². The Morgan fingerprint density at radius 3 is 3.22 bits per heavy atom. The number of aromatic nitrogens is 3. The number of carbonyl (C=O) groups is 1. The Balaban J connectivity index is 1.81. The lowest BCUT2D eigenvalue weighted by molar-refractivity contribution is 0.0520. The first-order chi connectivity index (χ1) is 8.79. The van der Waals surface area contributed by atoms with Crippen LogP contribution in [0.25, 0.3) is 0 Å². The Kier molecular flexibility index (Phi) is 4.24. The number of anilines is 1. The van der Waals surface area contributed by atoms with Gasteiger partial charge in [-0.2, -0.15) is 4.98 Å². The summed E-state index contributed by atoms with van der Waals surface area (Å²) in [4.78, 5) is 19.4. The lowest BCUT2D eigenvalue weighted by Gasteiger charge is -1.99. The molecule has 0 aromatic carbocycles. The maximum atomic E-state index is 11.4. The number of nitrogens with one attached hydrogen (secondary N) is 1. The van der Waals surface area contributed by atoms with Crippen LogP contribution < -0.4 is 5.32 Å². The standard InChI is InChI=1S/C10H12N4O3S/c1-2-16-9(15)7-5-18-10(13-7)11-4-3-8-12-6-17-14-8/h5-6H,2-4H2,1H3,(H,11,13). The molecule has 2 rings (SSSR count). The van der Waals surface area contributed by atoms with Crippen LogP contribution in [0.3, 0.4) is 0 Å². The molecule has 7 nitrogen and oxygen atoms in total. The molecular weight excluding hydrogens is 256 g/mol. The van der Waals surface area contributed by atoms with E-state index in [-0.39, 0.29) is 0 Å². The highest BCUT2D eigenvalue weighted by atomic mass is 32.1. The second-order valence-electron chi connectivity index (χ2n) is 3.28. The number of hydrogen-bond acceptors (Lipinski definition) is 8. The molecule has 0 saturated carbocycles. The fourth-order valence-electron chi connectivity index (χ4n) is 1.24. The lowest BCUT2D eigenvalue weighted by atomic mass is 10.4. The van der Waals surface area contributed by atoms with Crippen LogP contribution in [0.4, 0.5) is 5.13 Å². The topological polar surface area (TPSA) is 90.1 Å². The number of carbonyl (C=O) groups excluding carboxylic acids is 1. The average molecular weight is 268 g/mol. The van der Waals surface area contributed by atoms with Crippen LogP contribution in [0.15, 0.2) is 16.3 Å². The summed E-state index contributed by atoms with van der Waals surface area (Å²) in [5, 5.41) is 9.10. The first-order valence-corrected chi connectivity index (χ1v) is 6.29. The van der Waals surface area contributed by atoms with Gasteiger partial charge in [0.05, 0.1) is 6.61 Å². The predicted molar refractivity (Wildman–Crippen MR) is 64.6 cm³/mol. The molecule has 18 heavy (non-hydrogen) atoms. The molecule has 2 heterocycles. The summed E-state index contributed by atoms with van der Waals surface area (Å²) >= 11 is 1.35. The molecule has 0 aliphatic carbocycles. The molecule has 2 aromatic heterocycles. The van der Waals surface area contributed by atoms with Gasteiger partial charge in [-0.25, -0.2) is 9.78 Å². The molecule has 0 bridgehead atoms. The van der Waals surface area contributed by atoms with Crippen molar-refractivity contribution in [3.8, 4) is 0 Å². The minimum Gasteiger partial charge on any atom is -0.461 e. The smallest absolute Gasteiger partial charge is 0.357 e. The first-order valence-electron chi connectivity index (χ1n) is 5.41. The van der Waals surface area contributed by atoms with Crippen LogP contribution in [0.5, 0.6) is 0 Å². The summed E-state index contributed by atoms with van der Waals surface area (Å²) in [6.07, 6.45) is 1.92. The fourth-order valence-corrected chi connectivity index (χ4v) is 1.95. The van der Waals surface area contributed by atoms with E-state index in [1.807, 2.05) is 0 Å². The third kappa shape index (κ3) is 3.27. The zero-order valence-corrected chi connectivity index (χ0v) is 10.6. The molecule has 0 aliphatic heterocycles. The van der Waals surface area contributed by atoms with Gasteiger partial charge in [-0.05, 0) is 6.92 Å². The second kappa shape index (κ2) is 6.10. The Morgan fingerprint density at radius 1 is 1.61 bits per heavy atom. The summed E-state index contributed by atoms with van der Waals surface area (Å²) in [6, 6.07) is 0. The van der Waals surface area contributed by atoms with Gasteiger partial charge in [0.2, 0.25) is 6.39 Å². The fraction of sp³-hybridized carbons (Fsp3) is 0.400. The number of thiazole rings is 1. The molecule has 0 amide bonds. The molecule has 0 aliphatic rings. The zero-order chi connectivity index (χ0) is 12.8. The largest absolute Gasteiger partial charge is 0.461 e. The van der Waals surface area contributed by atoms with Gasteiger partial charge >= 0.3 is 5.97 Å². The van der Waals surface area contributed by atoms with Crippen molar-refractivity contribution in [3.63, 3.8) is 0 Å². The van der Waals surface area contributed by atoms with E-state index in [1.54, 1.807) is 12.3 Å². The monoisotopic (exact) mass is 268 g/mol. The van der Waals surface area contributed by atoms with Gasteiger partial charge in [0.25, 0.3) is 0 Å². The van der Waals surface area contributed by atoms with E-state index < -0.39 is 5.97 Å². The minimum atomic E-state index is -0.403. The van der Waals surface area contributed by atoms with E-state index in [4.69, 9.17) is 4.74 Å². The molecule has 0 unspecified atom stereocenters. The Morgan fingerprint density at radius 2 is 2.50 bits per heavy atom. The number of hydrogen-bond donors (Lipinski definition) is 1. The highest BCUT2D eigenvalue weighted by molar-refractivity contribution is 7.13.